The van der Waals surface area contributed by atoms with E-state index in [1.807, 2.05) is 4.90 Å². The van der Waals surface area contributed by atoms with E-state index in [-0.39, 0.29) is 5.91 Å². The van der Waals surface area contributed by atoms with E-state index in [4.69, 9.17) is 16.3 Å². The third-order valence-corrected chi connectivity index (χ3v) is 3.45. The second-order valence-electron chi connectivity index (χ2n) is 3.86. The summed E-state index contributed by atoms with van der Waals surface area (Å²) in [6.45, 7) is 1.49. The third kappa shape index (κ3) is 2.76. The lowest BCUT2D eigenvalue weighted by molar-refractivity contribution is -0.124. The van der Waals surface area contributed by atoms with Crippen LogP contribution in [-0.4, -0.2) is 43.7 Å². The van der Waals surface area contributed by atoms with Gasteiger partial charge in [-0.15, -0.1) is 0 Å². The number of likely N-dealkylation sites (N-methyl/N-ethyl adjacent to an activating group) is 1. The van der Waals surface area contributed by atoms with Crippen LogP contribution in [0, 0.1) is 0 Å². The van der Waals surface area contributed by atoms with Crippen molar-refractivity contribution in [3.05, 3.63) is 21.8 Å². The first-order valence-electron chi connectivity index (χ1n) is 5.50. The summed E-state index contributed by atoms with van der Waals surface area (Å²) in [7, 11) is 1.60. The Morgan fingerprint density at radius 3 is 3.17 bits per heavy atom. The molecule has 2 heterocycles. The summed E-state index contributed by atoms with van der Waals surface area (Å²) in [5.74, 6) is 0.507. The standard InChI is InChI=1S/C11H13BrClN3O2/c1-14-11(17)9-6-18-3-2-16(9)10-8(13)4-7(12)5-15-10/h4-5,9H,2-3,6H2,1H3,(H,14,17). The van der Waals surface area contributed by atoms with Crippen LogP contribution in [0.25, 0.3) is 0 Å². The fraction of sp³-hybridized carbons (Fsp3) is 0.455. The van der Waals surface area contributed by atoms with Gasteiger partial charge in [0.05, 0.1) is 18.2 Å². The fourth-order valence-electron chi connectivity index (χ4n) is 1.86. The maximum atomic E-state index is 11.8. The van der Waals surface area contributed by atoms with Crippen molar-refractivity contribution in [1.29, 1.82) is 0 Å². The molecular weight excluding hydrogens is 321 g/mol. The van der Waals surface area contributed by atoms with Crippen molar-refractivity contribution in [2.75, 3.05) is 31.7 Å². The van der Waals surface area contributed by atoms with Crippen LogP contribution < -0.4 is 10.2 Å². The van der Waals surface area contributed by atoms with Gasteiger partial charge in [-0.05, 0) is 22.0 Å². The number of carbonyl (C=O) groups excluding carboxylic acids is 1. The Hall–Kier alpha value is -0.850. The fourth-order valence-corrected chi connectivity index (χ4v) is 2.60. The molecule has 1 saturated heterocycles. The molecule has 0 spiro atoms. The molecule has 1 atom stereocenters. The molecule has 5 nitrogen and oxygen atoms in total. The van der Waals surface area contributed by atoms with Gasteiger partial charge < -0.3 is 15.0 Å². The molecule has 1 fully saturated rings. The first kappa shape index (κ1) is 13.6. The summed E-state index contributed by atoms with van der Waals surface area (Å²) in [6.07, 6.45) is 1.66. The molecular formula is C11H13BrClN3O2. The number of anilines is 1. The van der Waals surface area contributed by atoms with Gasteiger partial charge >= 0.3 is 0 Å². The largest absolute Gasteiger partial charge is 0.377 e. The zero-order valence-corrected chi connectivity index (χ0v) is 12.2. The minimum atomic E-state index is -0.394. The van der Waals surface area contributed by atoms with E-state index < -0.39 is 6.04 Å². The highest BCUT2D eigenvalue weighted by atomic mass is 79.9. The monoisotopic (exact) mass is 333 g/mol. The van der Waals surface area contributed by atoms with Crippen LogP contribution in [0.4, 0.5) is 5.82 Å². The number of nitrogens with one attached hydrogen (secondary N) is 1. The molecule has 0 saturated carbocycles. The van der Waals surface area contributed by atoms with Gasteiger partial charge in [-0.3, -0.25) is 4.79 Å². The number of aromatic nitrogens is 1. The maximum absolute atomic E-state index is 11.8. The summed E-state index contributed by atoms with van der Waals surface area (Å²) in [5.41, 5.74) is 0. The smallest absolute Gasteiger partial charge is 0.244 e. The predicted molar refractivity (Wildman–Crippen MR) is 73.0 cm³/mol. The highest BCUT2D eigenvalue weighted by Crippen LogP contribution is 2.28. The first-order valence-corrected chi connectivity index (χ1v) is 6.67. The number of hydrogen-bond donors (Lipinski definition) is 1. The molecule has 18 heavy (non-hydrogen) atoms. The van der Waals surface area contributed by atoms with Crippen molar-refractivity contribution < 1.29 is 9.53 Å². The lowest BCUT2D eigenvalue weighted by atomic mass is 10.2. The number of carbonyl (C=O) groups is 1. The van der Waals surface area contributed by atoms with Gasteiger partial charge in [0.25, 0.3) is 0 Å². The van der Waals surface area contributed by atoms with E-state index in [1.165, 1.54) is 0 Å². The zero-order chi connectivity index (χ0) is 13.1. The van der Waals surface area contributed by atoms with Gasteiger partial charge in [-0.2, -0.15) is 0 Å². The Balaban J connectivity index is 2.30. The summed E-state index contributed by atoms with van der Waals surface area (Å²) < 4.78 is 6.14. The zero-order valence-electron chi connectivity index (χ0n) is 9.82. The van der Waals surface area contributed by atoms with Gasteiger partial charge in [0.1, 0.15) is 11.9 Å². The number of ether oxygens (including phenoxy) is 1. The Morgan fingerprint density at radius 2 is 2.50 bits per heavy atom. The normalized spacial score (nSPS) is 19.7. The van der Waals surface area contributed by atoms with E-state index in [9.17, 15) is 4.79 Å². The van der Waals surface area contributed by atoms with Crippen molar-refractivity contribution in [3.63, 3.8) is 0 Å². The van der Waals surface area contributed by atoms with Gasteiger partial charge in [-0.1, -0.05) is 11.6 Å². The molecule has 2 rings (SSSR count). The lowest BCUT2D eigenvalue weighted by Crippen LogP contribution is -2.53. The molecule has 1 N–H and O–H groups in total. The van der Waals surface area contributed by atoms with Gasteiger partial charge in [0.15, 0.2) is 0 Å². The SMILES string of the molecule is CNC(=O)C1COCCN1c1ncc(Br)cc1Cl. The van der Waals surface area contributed by atoms with E-state index in [0.717, 1.165) is 4.47 Å². The molecule has 1 aromatic heterocycles. The van der Waals surface area contributed by atoms with E-state index in [0.29, 0.717) is 30.6 Å². The van der Waals surface area contributed by atoms with E-state index in [2.05, 4.69) is 26.2 Å². The average molecular weight is 335 g/mol. The number of nitrogens with zero attached hydrogens (tertiary/aromatic N) is 2. The van der Waals surface area contributed by atoms with E-state index in [1.54, 1.807) is 19.3 Å². The second kappa shape index (κ2) is 5.86. The molecule has 1 unspecified atom stereocenters. The minimum absolute atomic E-state index is 0.101. The van der Waals surface area contributed by atoms with Crippen LogP contribution in [0.1, 0.15) is 0 Å². The Morgan fingerprint density at radius 1 is 1.72 bits per heavy atom. The number of hydrogen-bond acceptors (Lipinski definition) is 4. The first-order chi connectivity index (χ1) is 8.63. The Labute approximate surface area is 119 Å². The quantitative estimate of drug-likeness (QED) is 0.889. The Kier molecular flexibility index (Phi) is 4.42. The number of rotatable bonds is 2. The molecule has 0 radical (unpaired) electrons. The van der Waals surface area contributed by atoms with Gasteiger partial charge in [-0.25, -0.2) is 4.98 Å². The van der Waals surface area contributed by atoms with Crippen molar-refractivity contribution in [1.82, 2.24) is 10.3 Å². The summed E-state index contributed by atoms with van der Waals surface area (Å²) in [4.78, 5) is 18.0. The molecule has 7 heteroatoms. The summed E-state index contributed by atoms with van der Waals surface area (Å²) in [5, 5.41) is 3.14. The Bertz CT molecular complexity index is 458. The van der Waals surface area contributed by atoms with Crippen LogP contribution in [0.15, 0.2) is 16.7 Å². The highest BCUT2D eigenvalue weighted by Gasteiger charge is 2.30. The van der Waals surface area contributed by atoms with Crippen molar-refractivity contribution in [2.24, 2.45) is 0 Å². The summed E-state index contributed by atoms with van der Waals surface area (Å²) >= 11 is 9.48. The molecule has 1 aromatic rings. The molecule has 1 aliphatic heterocycles. The highest BCUT2D eigenvalue weighted by molar-refractivity contribution is 9.10. The third-order valence-electron chi connectivity index (χ3n) is 2.74. The maximum Gasteiger partial charge on any atom is 0.244 e. The summed E-state index contributed by atoms with van der Waals surface area (Å²) in [6, 6.07) is 1.37. The molecule has 1 aliphatic rings. The molecule has 0 aliphatic carbocycles. The average Bonchev–Trinajstić information content (AvgIpc) is 2.38. The van der Waals surface area contributed by atoms with Crippen molar-refractivity contribution in [3.8, 4) is 0 Å². The van der Waals surface area contributed by atoms with Crippen LogP contribution in [-0.2, 0) is 9.53 Å². The molecule has 98 valence electrons. The van der Waals surface area contributed by atoms with E-state index >= 15 is 0 Å². The van der Waals surface area contributed by atoms with Crippen LogP contribution in [0.2, 0.25) is 5.02 Å². The minimum Gasteiger partial charge on any atom is -0.377 e. The second-order valence-corrected chi connectivity index (χ2v) is 5.18. The van der Waals surface area contributed by atoms with Crippen LogP contribution in [0.5, 0.6) is 0 Å². The van der Waals surface area contributed by atoms with Crippen molar-refractivity contribution in [2.45, 2.75) is 6.04 Å². The topological polar surface area (TPSA) is 54.5 Å². The number of amides is 1. The molecule has 1 amide bonds. The van der Waals surface area contributed by atoms with Gasteiger partial charge in [0, 0.05) is 24.3 Å². The number of morpholine rings is 1. The van der Waals surface area contributed by atoms with Crippen LogP contribution >= 0.6 is 27.5 Å². The molecule has 0 bridgehead atoms. The van der Waals surface area contributed by atoms with Crippen molar-refractivity contribution >= 4 is 39.3 Å². The number of halogens is 2. The predicted octanol–water partition coefficient (Wildman–Crippen LogP) is 1.45. The van der Waals surface area contributed by atoms with Crippen LogP contribution in [0.3, 0.4) is 0 Å². The number of pyridine rings is 1. The lowest BCUT2D eigenvalue weighted by Gasteiger charge is -2.35. The molecule has 0 aromatic carbocycles. The van der Waals surface area contributed by atoms with Gasteiger partial charge in [0.2, 0.25) is 5.91 Å².